The number of hydrogen-bond donors (Lipinski definition) is 2. The molecule has 0 aliphatic heterocycles. The largest absolute Gasteiger partial charge is 0.348 e. The second-order valence-corrected chi connectivity index (χ2v) is 7.43. The molecular weight excluding hydrogens is 378 g/mol. The van der Waals surface area contributed by atoms with E-state index < -0.39 is 0 Å². The molecule has 2 amide bonds. The van der Waals surface area contributed by atoms with Crippen LogP contribution in [0.25, 0.3) is 11.5 Å². The zero-order chi connectivity index (χ0) is 20.1. The number of carbonyl (C=O) groups excluding carboxylic acids is 2. The van der Waals surface area contributed by atoms with Crippen molar-refractivity contribution in [3.8, 4) is 11.5 Å². The van der Waals surface area contributed by atoms with Crippen LogP contribution in [0.15, 0.2) is 34.2 Å². The summed E-state index contributed by atoms with van der Waals surface area (Å²) in [5.74, 6) is 0.374. The SMILES string of the molecule is Cc1ccccc1-c1nc(CNC(=O)Cc2csc(NC(=O)C(C)C)n2)no1. The Morgan fingerprint density at radius 2 is 2.00 bits per heavy atom. The predicted octanol–water partition coefficient (Wildman–Crippen LogP) is 2.95. The van der Waals surface area contributed by atoms with Crippen LogP contribution in [0.1, 0.15) is 30.9 Å². The van der Waals surface area contributed by atoms with Crippen LogP contribution in [0.4, 0.5) is 5.13 Å². The highest BCUT2D eigenvalue weighted by molar-refractivity contribution is 7.13. The fourth-order valence-corrected chi connectivity index (χ4v) is 3.06. The van der Waals surface area contributed by atoms with Gasteiger partial charge in [-0.3, -0.25) is 9.59 Å². The smallest absolute Gasteiger partial charge is 0.258 e. The van der Waals surface area contributed by atoms with Crippen molar-refractivity contribution in [3.63, 3.8) is 0 Å². The molecule has 0 aliphatic rings. The van der Waals surface area contributed by atoms with E-state index in [1.165, 1.54) is 11.3 Å². The summed E-state index contributed by atoms with van der Waals surface area (Å²) in [4.78, 5) is 32.4. The van der Waals surface area contributed by atoms with Gasteiger partial charge in [0.2, 0.25) is 11.8 Å². The topological polar surface area (TPSA) is 110 Å². The average Bonchev–Trinajstić information content (AvgIpc) is 3.30. The normalized spacial score (nSPS) is 10.9. The van der Waals surface area contributed by atoms with Gasteiger partial charge in [-0.2, -0.15) is 4.98 Å². The minimum absolute atomic E-state index is 0.105. The van der Waals surface area contributed by atoms with Gasteiger partial charge in [-0.15, -0.1) is 11.3 Å². The first kappa shape index (κ1) is 19.7. The third kappa shape index (κ3) is 5.01. The fraction of sp³-hybridized carbons (Fsp3) is 0.316. The molecule has 0 spiro atoms. The zero-order valence-electron chi connectivity index (χ0n) is 15.9. The number of aromatic nitrogens is 3. The van der Waals surface area contributed by atoms with Crippen LogP contribution < -0.4 is 10.6 Å². The van der Waals surface area contributed by atoms with Crippen LogP contribution in [-0.2, 0) is 22.6 Å². The summed E-state index contributed by atoms with van der Waals surface area (Å²) >= 11 is 1.29. The van der Waals surface area contributed by atoms with Gasteiger partial charge in [0, 0.05) is 16.9 Å². The van der Waals surface area contributed by atoms with E-state index >= 15 is 0 Å². The van der Waals surface area contributed by atoms with Gasteiger partial charge in [-0.05, 0) is 18.6 Å². The maximum atomic E-state index is 12.1. The number of nitrogens with one attached hydrogen (secondary N) is 2. The Labute approximate surface area is 166 Å². The summed E-state index contributed by atoms with van der Waals surface area (Å²) in [7, 11) is 0. The highest BCUT2D eigenvalue weighted by atomic mass is 32.1. The van der Waals surface area contributed by atoms with E-state index in [2.05, 4.69) is 25.8 Å². The van der Waals surface area contributed by atoms with Gasteiger partial charge in [0.1, 0.15) is 0 Å². The van der Waals surface area contributed by atoms with E-state index in [4.69, 9.17) is 4.52 Å². The van der Waals surface area contributed by atoms with Gasteiger partial charge in [0.25, 0.3) is 5.89 Å². The summed E-state index contributed by atoms with van der Waals surface area (Å²) < 4.78 is 5.28. The molecule has 2 N–H and O–H groups in total. The molecule has 3 aromatic rings. The first-order valence-corrected chi connectivity index (χ1v) is 9.71. The Kier molecular flexibility index (Phi) is 6.15. The third-order valence-corrected chi connectivity index (χ3v) is 4.74. The van der Waals surface area contributed by atoms with Crippen LogP contribution in [0, 0.1) is 12.8 Å². The lowest BCUT2D eigenvalue weighted by Crippen LogP contribution is -2.25. The summed E-state index contributed by atoms with van der Waals surface area (Å²) in [5, 5.41) is 11.6. The quantitative estimate of drug-likeness (QED) is 0.632. The number of benzene rings is 1. The molecule has 2 aromatic heterocycles. The van der Waals surface area contributed by atoms with Crippen LogP contribution in [0.5, 0.6) is 0 Å². The summed E-state index contributed by atoms with van der Waals surface area (Å²) in [6, 6.07) is 7.71. The maximum absolute atomic E-state index is 12.1. The summed E-state index contributed by atoms with van der Waals surface area (Å²) in [5.41, 5.74) is 2.49. The molecule has 8 nitrogen and oxygen atoms in total. The third-order valence-electron chi connectivity index (χ3n) is 3.94. The van der Waals surface area contributed by atoms with Crippen molar-refractivity contribution in [2.24, 2.45) is 5.92 Å². The van der Waals surface area contributed by atoms with Crippen LogP contribution in [-0.4, -0.2) is 26.9 Å². The molecule has 146 valence electrons. The number of carbonyl (C=O) groups is 2. The van der Waals surface area contributed by atoms with Crippen molar-refractivity contribution in [1.29, 1.82) is 0 Å². The lowest BCUT2D eigenvalue weighted by Gasteiger charge is -2.03. The van der Waals surface area contributed by atoms with Crippen LogP contribution in [0.2, 0.25) is 0 Å². The molecular formula is C19H21N5O3S. The summed E-state index contributed by atoms with van der Waals surface area (Å²) in [6.07, 6.45) is 0.108. The Morgan fingerprint density at radius 1 is 1.21 bits per heavy atom. The molecule has 0 bridgehead atoms. The molecule has 0 fully saturated rings. The molecule has 0 saturated carbocycles. The Morgan fingerprint density at radius 3 is 2.75 bits per heavy atom. The van der Waals surface area contributed by atoms with Crippen molar-refractivity contribution in [1.82, 2.24) is 20.4 Å². The monoisotopic (exact) mass is 399 g/mol. The number of nitrogens with zero attached hydrogens (tertiary/aromatic N) is 3. The lowest BCUT2D eigenvalue weighted by molar-refractivity contribution is -0.120. The molecule has 0 unspecified atom stereocenters. The van der Waals surface area contributed by atoms with Gasteiger partial charge in [-0.25, -0.2) is 4.98 Å². The molecule has 3 rings (SSSR count). The molecule has 1 aromatic carbocycles. The minimum Gasteiger partial charge on any atom is -0.348 e. The number of aryl methyl sites for hydroxylation is 1. The molecule has 0 saturated heterocycles. The molecule has 28 heavy (non-hydrogen) atoms. The standard InChI is InChI=1S/C19H21N5O3S/c1-11(2)17(26)23-19-21-13(10-28-19)8-16(25)20-9-15-22-18(27-24-15)14-7-5-4-6-12(14)3/h4-7,10-11H,8-9H2,1-3H3,(H,20,25)(H,21,23,26). The van der Waals surface area contributed by atoms with Crippen molar-refractivity contribution >= 4 is 28.3 Å². The Hall–Kier alpha value is -3.07. The van der Waals surface area contributed by atoms with Gasteiger partial charge in [0.05, 0.1) is 18.7 Å². The zero-order valence-corrected chi connectivity index (χ0v) is 16.7. The van der Waals surface area contributed by atoms with E-state index in [0.29, 0.717) is 22.5 Å². The van der Waals surface area contributed by atoms with Crippen molar-refractivity contribution in [2.45, 2.75) is 33.7 Å². The Balaban J connectivity index is 1.52. The van der Waals surface area contributed by atoms with E-state index in [1.807, 2.05) is 31.2 Å². The highest BCUT2D eigenvalue weighted by Crippen LogP contribution is 2.21. The van der Waals surface area contributed by atoms with Crippen LogP contribution in [0.3, 0.4) is 0 Å². The van der Waals surface area contributed by atoms with Gasteiger partial charge in [0.15, 0.2) is 11.0 Å². The highest BCUT2D eigenvalue weighted by Gasteiger charge is 2.14. The van der Waals surface area contributed by atoms with Crippen molar-refractivity contribution in [3.05, 3.63) is 46.7 Å². The van der Waals surface area contributed by atoms with Crippen LogP contribution >= 0.6 is 11.3 Å². The molecule has 0 radical (unpaired) electrons. The molecule has 9 heteroatoms. The minimum atomic E-state index is -0.214. The Bertz CT molecular complexity index is 979. The number of rotatable bonds is 7. The van der Waals surface area contributed by atoms with E-state index in [1.54, 1.807) is 19.2 Å². The van der Waals surface area contributed by atoms with E-state index in [9.17, 15) is 9.59 Å². The first-order chi connectivity index (χ1) is 13.4. The number of hydrogen-bond acceptors (Lipinski definition) is 7. The second kappa shape index (κ2) is 8.75. The summed E-state index contributed by atoms with van der Waals surface area (Å²) in [6.45, 7) is 5.74. The number of amides is 2. The average molecular weight is 399 g/mol. The van der Waals surface area contributed by atoms with Crippen molar-refractivity contribution in [2.75, 3.05) is 5.32 Å². The first-order valence-electron chi connectivity index (χ1n) is 8.83. The van der Waals surface area contributed by atoms with Gasteiger partial charge < -0.3 is 15.2 Å². The van der Waals surface area contributed by atoms with Crippen molar-refractivity contribution < 1.29 is 14.1 Å². The molecule has 0 aliphatic carbocycles. The maximum Gasteiger partial charge on any atom is 0.258 e. The van der Waals surface area contributed by atoms with E-state index in [-0.39, 0.29) is 30.7 Å². The van der Waals surface area contributed by atoms with Gasteiger partial charge in [-0.1, -0.05) is 37.2 Å². The number of anilines is 1. The van der Waals surface area contributed by atoms with E-state index in [0.717, 1.165) is 11.1 Å². The molecule has 2 heterocycles. The van der Waals surface area contributed by atoms with Gasteiger partial charge >= 0.3 is 0 Å². The second-order valence-electron chi connectivity index (χ2n) is 6.57. The lowest BCUT2D eigenvalue weighted by atomic mass is 10.1. The fourth-order valence-electron chi connectivity index (χ4n) is 2.35. The molecule has 0 atom stereocenters. The number of thiazole rings is 1. The predicted molar refractivity (Wildman–Crippen MR) is 106 cm³/mol.